The van der Waals surface area contributed by atoms with Crippen LogP contribution in [0.1, 0.15) is 25.5 Å². The molecule has 1 heterocycles. The van der Waals surface area contributed by atoms with E-state index in [9.17, 15) is 9.90 Å². The Balaban J connectivity index is 2.28. The van der Waals surface area contributed by atoms with Gasteiger partial charge >= 0.3 is 6.09 Å². The van der Waals surface area contributed by atoms with Crippen molar-refractivity contribution in [3.05, 3.63) is 47.9 Å². The van der Waals surface area contributed by atoms with Gasteiger partial charge in [-0.3, -0.25) is 0 Å². The van der Waals surface area contributed by atoms with Gasteiger partial charge in [-0.15, -0.1) is 0 Å². The number of aliphatic hydroxyl groups is 1. The summed E-state index contributed by atoms with van der Waals surface area (Å²) < 4.78 is 5.28. The number of amides is 1. The first kappa shape index (κ1) is 11.5. The van der Waals surface area contributed by atoms with E-state index in [1.54, 1.807) is 6.92 Å². The fourth-order valence-corrected chi connectivity index (χ4v) is 2.00. The predicted molar refractivity (Wildman–Crippen MR) is 63.4 cm³/mol. The normalized spacial score (nSPS) is 24.9. The van der Waals surface area contributed by atoms with Crippen molar-refractivity contribution in [3.8, 4) is 0 Å². The number of cyclic esters (lactones) is 1. The molecule has 2 atom stereocenters. The molecule has 0 aromatic heterocycles. The van der Waals surface area contributed by atoms with Crippen LogP contribution in [0.3, 0.4) is 0 Å². The molecular weight excluding hydrogens is 218 g/mol. The molecule has 1 aromatic carbocycles. The Kier molecular flexibility index (Phi) is 3.04. The van der Waals surface area contributed by atoms with E-state index in [2.05, 4.69) is 0 Å². The highest BCUT2D eigenvalue weighted by Gasteiger charge is 2.41. The summed E-state index contributed by atoms with van der Waals surface area (Å²) in [4.78, 5) is 12.9. The van der Waals surface area contributed by atoms with Gasteiger partial charge in [0.2, 0.25) is 0 Å². The number of hydrogen-bond acceptors (Lipinski definition) is 3. The molecule has 0 saturated carbocycles. The summed E-state index contributed by atoms with van der Waals surface area (Å²) in [6.45, 7) is 3.52. The number of ether oxygens (including phenoxy) is 1. The molecule has 0 radical (unpaired) electrons. The predicted octanol–water partition coefficient (Wildman–Crippen LogP) is 2.99. The zero-order valence-corrected chi connectivity index (χ0v) is 9.83. The third kappa shape index (κ3) is 1.98. The lowest BCUT2D eigenvalue weighted by Gasteiger charge is -2.19. The van der Waals surface area contributed by atoms with Gasteiger partial charge in [0.15, 0.2) is 5.88 Å². The third-order valence-electron chi connectivity index (χ3n) is 2.90. The molecule has 0 unspecified atom stereocenters. The van der Waals surface area contributed by atoms with Crippen LogP contribution in [-0.2, 0) is 4.74 Å². The van der Waals surface area contributed by atoms with Gasteiger partial charge in [-0.25, -0.2) is 9.69 Å². The Labute approximate surface area is 100 Å². The van der Waals surface area contributed by atoms with E-state index >= 15 is 0 Å². The maximum absolute atomic E-state index is 11.7. The maximum atomic E-state index is 11.7. The Morgan fingerprint density at radius 3 is 2.65 bits per heavy atom. The molecule has 1 N–H and O–H groups in total. The average molecular weight is 233 g/mol. The fourth-order valence-electron chi connectivity index (χ4n) is 2.00. The second kappa shape index (κ2) is 4.49. The van der Waals surface area contributed by atoms with Crippen LogP contribution in [-0.4, -0.2) is 22.1 Å². The molecule has 1 fully saturated rings. The quantitative estimate of drug-likeness (QED) is 0.799. The number of carbonyl (C=O) groups is 1. The number of hydrogen-bond donors (Lipinski definition) is 1. The summed E-state index contributed by atoms with van der Waals surface area (Å²) in [7, 11) is 0. The van der Waals surface area contributed by atoms with Crippen LogP contribution in [0.2, 0.25) is 0 Å². The van der Waals surface area contributed by atoms with E-state index in [0.29, 0.717) is 0 Å². The minimum Gasteiger partial charge on any atom is -0.495 e. The van der Waals surface area contributed by atoms with Crippen molar-refractivity contribution in [2.75, 3.05) is 0 Å². The standard InChI is InChI=1S/C13H15NO3/c1-3-11(15)14-9(2)12(17-13(14)16)10-7-5-4-6-8-10/h3-9,12,15H,1-2H3/b11-3-/t9-,12-/m0/s1. The maximum Gasteiger partial charge on any atom is 0.417 e. The molecule has 1 saturated heterocycles. The van der Waals surface area contributed by atoms with E-state index in [1.165, 1.54) is 11.0 Å². The Morgan fingerprint density at radius 1 is 1.41 bits per heavy atom. The summed E-state index contributed by atoms with van der Waals surface area (Å²) in [6.07, 6.45) is 0.623. The first-order chi connectivity index (χ1) is 8.15. The van der Waals surface area contributed by atoms with Gasteiger partial charge in [0.25, 0.3) is 0 Å². The van der Waals surface area contributed by atoms with Crippen LogP contribution in [0.15, 0.2) is 42.3 Å². The summed E-state index contributed by atoms with van der Waals surface area (Å²) in [5.41, 5.74) is 0.930. The topological polar surface area (TPSA) is 49.8 Å². The van der Waals surface area contributed by atoms with Crippen LogP contribution in [0, 0.1) is 0 Å². The smallest absolute Gasteiger partial charge is 0.417 e. The Hall–Kier alpha value is -1.97. The molecule has 0 spiro atoms. The van der Waals surface area contributed by atoms with E-state index in [4.69, 9.17) is 4.74 Å². The fraction of sp³-hybridized carbons (Fsp3) is 0.308. The van der Waals surface area contributed by atoms with Gasteiger partial charge in [-0.05, 0) is 25.5 Å². The van der Waals surface area contributed by atoms with Gasteiger partial charge in [0.05, 0.1) is 6.04 Å². The lowest BCUT2D eigenvalue weighted by Crippen LogP contribution is -2.31. The van der Waals surface area contributed by atoms with Gasteiger partial charge in [0, 0.05) is 0 Å². The molecule has 1 amide bonds. The molecule has 1 aliphatic heterocycles. The highest BCUT2D eigenvalue weighted by molar-refractivity contribution is 5.72. The SMILES string of the molecule is C/C=C(\O)N1C(=O)O[C@H](c2ccccc2)[C@@H]1C. The zero-order chi connectivity index (χ0) is 12.4. The van der Waals surface area contributed by atoms with Crippen LogP contribution >= 0.6 is 0 Å². The minimum atomic E-state index is -0.512. The summed E-state index contributed by atoms with van der Waals surface area (Å²) in [6, 6.07) is 9.30. The molecule has 0 bridgehead atoms. The summed E-state index contributed by atoms with van der Waals surface area (Å²) in [5.74, 6) is -0.0686. The summed E-state index contributed by atoms with van der Waals surface area (Å²) >= 11 is 0. The Morgan fingerprint density at radius 2 is 2.06 bits per heavy atom. The molecule has 1 aliphatic rings. The zero-order valence-electron chi connectivity index (χ0n) is 9.83. The summed E-state index contributed by atoms with van der Waals surface area (Å²) in [5, 5.41) is 9.65. The van der Waals surface area contributed by atoms with Crippen LogP contribution in [0.25, 0.3) is 0 Å². The molecule has 4 nitrogen and oxygen atoms in total. The van der Waals surface area contributed by atoms with Crippen LogP contribution in [0.4, 0.5) is 4.79 Å². The van der Waals surface area contributed by atoms with Gasteiger partial charge in [-0.1, -0.05) is 30.3 Å². The minimum absolute atomic E-state index is 0.0686. The van der Waals surface area contributed by atoms with E-state index in [1.807, 2.05) is 37.3 Å². The third-order valence-corrected chi connectivity index (χ3v) is 2.90. The van der Waals surface area contributed by atoms with E-state index in [0.717, 1.165) is 5.56 Å². The number of nitrogens with zero attached hydrogens (tertiary/aromatic N) is 1. The van der Waals surface area contributed by atoms with Crippen molar-refractivity contribution in [1.29, 1.82) is 0 Å². The molecule has 1 aromatic rings. The molecule has 17 heavy (non-hydrogen) atoms. The van der Waals surface area contributed by atoms with Crippen molar-refractivity contribution in [3.63, 3.8) is 0 Å². The number of allylic oxidation sites excluding steroid dienone is 1. The monoisotopic (exact) mass is 233 g/mol. The van der Waals surface area contributed by atoms with Gasteiger partial charge in [0.1, 0.15) is 6.10 Å². The second-order valence-electron chi connectivity index (χ2n) is 3.97. The lowest BCUT2D eigenvalue weighted by molar-refractivity contribution is 0.129. The van der Waals surface area contributed by atoms with Crippen molar-refractivity contribution in [1.82, 2.24) is 4.90 Å². The number of benzene rings is 1. The van der Waals surface area contributed by atoms with Crippen molar-refractivity contribution in [2.24, 2.45) is 0 Å². The molecule has 2 rings (SSSR count). The highest BCUT2D eigenvalue weighted by atomic mass is 16.6. The lowest BCUT2D eigenvalue weighted by atomic mass is 10.0. The van der Waals surface area contributed by atoms with Gasteiger partial charge < -0.3 is 9.84 Å². The molecule has 90 valence electrons. The number of aliphatic hydroxyl groups excluding tert-OH is 1. The molecule has 0 aliphatic carbocycles. The molecular formula is C13H15NO3. The largest absolute Gasteiger partial charge is 0.495 e. The van der Waals surface area contributed by atoms with Crippen molar-refractivity contribution in [2.45, 2.75) is 26.0 Å². The van der Waals surface area contributed by atoms with Crippen LogP contribution < -0.4 is 0 Å². The van der Waals surface area contributed by atoms with Gasteiger partial charge in [-0.2, -0.15) is 0 Å². The highest BCUT2D eigenvalue weighted by Crippen LogP contribution is 2.33. The number of carbonyl (C=O) groups excluding carboxylic acids is 1. The number of rotatable bonds is 2. The first-order valence-corrected chi connectivity index (χ1v) is 5.55. The van der Waals surface area contributed by atoms with E-state index in [-0.39, 0.29) is 18.0 Å². The van der Waals surface area contributed by atoms with Crippen molar-refractivity contribution < 1.29 is 14.6 Å². The Bertz CT molecular complexity index is 441. The molecule has 4 heteroatoms. The average Bonchev–Trinajstić information content (AvgIpc) is 2.65. The van der Waals surface area contributed by atoms with Crippen molar-refractivity contribution >= 4 is 6.09 Å². The second-order valence-corrected chi connectivity index (χ2v) is 3.97. The van der Waals surface area contributed by atoms with Crippen LogP contribution in [0.5, 0.6) is 0 Å². The van der Waals surface area contributed by atoms with E-state index < -0.39 is 6.09 Å². The first-order valence-electron chi connectivity index (χ1n) is 5.55.